The van der Waals surface area contributed by atoms with Gasteiger partial charge >= 0.3 is 0 Å². The topological polar surface area (TPSA) is 40.5 Å². The molecule has 23 heavy (non-hydrogen) atoms. The van der Waals surface area contributed by atoms with E-state index in [4.69, 9.17) is 0 Å². The van der Waals surface area contributed by atoms with Crippen molar-refractivity contribution >= 4 is 5.91 Å². The predicted molar refractivity (Wildman–Crippen MR) is 97.5 cm³/mol. The molecular weight excluding hydrogens is 286 g/mol. The maximum atomic E-state index is 12.3. The van der Waals surface area contributed by atoms with E-state index in [9.17, 15) is 9.90 Å². The van der Waals surface area contributed by atoms with Crippen LogP contribution in [0.25, 0.3) is 0 Å². The van der Waals surface area contributed by atoms with Gasteiger partial charge in [0.15, 0.2) is 0 Å². The van der Waals surface area contributed by atoms with Gasteiger partial charge in [0.1, 0.15) is 0 Å². The first-order valence-electron chi connectivity index (χ1n) is 10.2. The Labute approximate surface area is 143 Å². The van der Waals surface area contributed by atoms with Crippen LogP contribution in [0.2, 0.25) is 0 Å². The zero-order valence-corrected chi connectivity index (χ0v) is 15.6. The van der Waals surface area contributed by atoms with Gasteiger partial charge in [-0.05, 0) is 19.3 Å². The molecule has 1 N–H and O–H groups in total. The van der Waals surface area contributed by atoms with Crippen molar-refractivity contribution in [1.82, 2.24) is 4.90 Å². The molecule has 1 heterocycles. The molecule has 0 spiro atoms. The Hall–Kier alpha value is -0.570. The number of aliphatic hydroxyl groups excluding tert-OH is 1. The Kier molecular flexibility index (Phi) is 11.4. The fourth-order valence-electron chi connectivity index (χ4n) is 3.66. The minimum absolute atomic E-state index is 0.0773. The van der Waals surface area contributed by atoms with Crippen molar-refractivity contribution in [3.63, 3.8) is 0 Å². The lowest BCUT2D eigenvalue weighted by Crippen LogP contribution is -2.51. The Balaban J connectivity index is 2.32. The molecule has 2 unspecified atom stereocenters. The van der Waals surface area contributed by atoms with E-state index < -0.39 is 0 Å². The molecule has 3 heteroatoms. The summed E-state index contributed by atoms with van der Waals surface area (Å²) >= 11 is 0. The van der Waals surface area contributed by atoms with Gasteiger partial charge in [0, 0.05) is 13.0 Å². The second kappa shape index (κ2) is 12.8. The number of amides is 1. The molecule has 2 atom stereocenters. The van der Waals surface area contributed by atoms with Crippen LogP contribution in [0.15, 0.2) is 0 Å². The summed E-state index contributed by atoms with van der Waals surface area (Å²) in [5.74, 6) is 0.266. The molecule has 1 rings (SSSR count). The first-order valence-corrected chi connectivity index (χ1v) is 10.2. The summed E-state index contributed by atoms with van der Waals surface area (Å²) in [6, 6.07) is 0.0773. The van der Waals surface area contributed by atoms with Gasteiger partial charge in [0.2, 0.25) is 5.91 Å². The third-order valence-electron chi connectivity index (χ3n) is 5.17. The highest BCUT2D eigenvalue weighted by atomic mass is 16.3. The Morgan fingerprint density at radius 2 is 1.48 bits per heavy atom. The van der Waals surface area contributed by atoms with Crippen LogP contribution in [0.3, 0.4) is 0 Å². The van der Waals surface area contributed by atoms with Gasteiger partial charge in [0.25, 0.3) is 0 Å². The van der Waals surface area contributed by atoms with Crippen molar-refractivity contribution in [3.05, 3.63) is 0 Å². The highest BCUT2D eigenvalue weighted by Crippen LogP contribution is 2.24. The molecule has 1 aliphatic heterocycles. The molecule has 0 bridgehead atoms. The minimum Gasteiger partial charge on any atom is -0.391 e. The van der Waals surface area contributed by atoms with Crippen LogP contribution in [-0.2, 0) is 4.79 Å². The van der Waals surface area contributed by atoms with E-state index in [1.54, 1.807) is 0 Å². The summed E-state index contributed by atoms with van der Waals surface area (Å²) < 4.78 is 0. The summed E-state index contributed by atoms with van der Waals surface area (Å²) in [5, 5.41) is 10.3. The quantitative estimate of drug-likeness (QED) is 0.481. The van der Waals surface area contributed by atoms with Gasteiger partial charge in [-0.15, -0.1) is 0 Å². The molecular formula is C20H39NO2. The van der Waals surface area contributed by atoms with Crippen molar-refractivity contribution in [2.75, 3.05) is 6.54 Å². The van der Waals surface area contributed by atoms with Gasteiger partial charge in [-0.2, -0.15) is 0 Å². The lowest BCUT2D eigenvalue weighted by molar-refractivity contribution is -0.142. The molecule has 1 amide bonds. The largest absolute Gasteiger partial charge is 0.391 e. The molecule has 1 fully saturated rings. The number of unbranched alkanes of at least 4 members (excludes halogenated alkanes) is 9. The molecule has 136 valence electrons. The maximum absolute atomic E-state index is 12.3. The zero-order chi connectivity index (χ0) is 16.9. The van der Waals surface area contributed by atoms with Gasteiger partial charge < -0.3 is 10.0 Å². The molecule has 0 aliphatic carbocycles. The van der Waals surface area contributed by atoms with Crippen LogP contribution >= 0.6 is 0 Å². The molecule has 0 saturated carbocycles. The molecule has 1 aliphatic rings. The second-order valence-corrected chi connectivity index (χ2v) is 7.23. The van der Waals surface area contributed by atoms with Gasteiger partial charge in [0.05, 0.1) is 12.1 Å². The summed E-state index contributed by atoms with van der Waals surface area (Å²) in [5.41, 5.74) is 0. The Morgan fingerprint density at radius 3 is 2.13 bits per heavy atom. The van der Waals surface area contributed by atoms with Crippen molar-refractivity contribution < 1.29 is 9.90 Å². The summed E-state index contributed by atoms with van der Waals surface area (Å²) in [7, 11) is 0. The zero-order valence-electron chi connectivity index (χ0n) is 15.6. The molecule has 0 aromatic carbocycles. The number of likely N-dealkylation sites (tertiary alicyclic amines) is 1. The number of piperidine rings is 1. The van der Waals surface area contributed by atoms with E-state index >= 15 is 0 Å². The van der Waals surface area contributed by atoms with Crippen molar-refractivity contribution in [2.24, 2.45) is 0 Å². The maximum Gasteiger partial charge on any atom is 0.223 e. The van der Waals surface area contributed by atoms with Crippen molar-refractivity contribution in [1.29, 1.82) is 0 Å². The van der Waals surface area contributed by atoms with E-state index in [1.807, 2.05) is 4.90 Å². The number of carbonyl (C=O) groups is 1. The number of nitrogens with zero attached hydrogens (tertiary/aromatic N) is 1. The van der Waals surface area contributed by atoms with E-state index in [0.717, 1.165) is 25.8 Å². The van der Waals surface area contributed by atoms with Crippen LogP contribution in [0.1, 0.15) is 104 Å². The fraction of sp³-hybridized carbons (Fsp3) is 0.950. The van der Waals surface area contributed by atoms with Crippen LogP contribution < -0.4 is 0 Å². The lowest BCUT2D eigenvalue weighted by atomic mass is 9.93. The van der Waals surface area contributed by atoms with Gasteiger partial charge in [-0.25, -0.2) is 0 Å². The average molecular weight is 326 g/mol. The Morgan fingerprint density at radius 1 is 0.913 bits per heavy atom. The molecule has 0 radical (unpaired) electrons. The van der Waals surface area contributed by atoms with Gasteiger partial charge in [-0.1, -0.05) is 78.1 Å². The SMILES string of the molecule is CCCCCCCCN1C(=O)CCC(O)C1CCCCCCC. The van der Waals surface area contributed by atoms with Crippen molar-refractivity contribution in [3.8, 4) is 0 Å². The predicted octanol–water partition coefficient (Wildman–Crippen LogP) is 5.06. The fourth-order valence-corrected chi connectivity index (χ4v) is 3.66. The third-order valence-corrected chi connectivity index (χ3v) is 5.17. The minimum atomic E-state index is -0.307. The Bertz CT molecular complexity index is 306. The number of aliphatic hydroxyl groups is 1. The van der Waals surface area contributed by atoms with E-state index in [1.165, 1.54) is 57.8 Å². The number of carbonyl (C=O) groups excluding carboxylic acids is 1. The van der Waals surface area contributed by atoms with E-state index in [2.05, 4.69) is 13.8 Å². The van der Waals surface area contributed by atoms with E-state index in [0.29, 0.717) is 12.8 Å². The normalized spacial score (nSPS) is 21.9. The van der Waals surface area contributed by atoms with Gasteiger partial charge in [-0.3, -0.25) is 4.79 Å². The van der Waals surface area contributed by atoms with Crippen LogP contribution in [0, 0.1) is 0 Å². The number of rotatable bonds is 13. The van der Waals surface area contributed by atoms with Crippen LogP contribution in [0.5, 0.6) is 0 Å². The highest BCUT2D eigenvalue weighted by molar-refractivity contribution is 5.77. The second-order valence-electron chi connectivity index (χ2n) is 7.23. The first-order chi connectivity index (χ1) is 11.2. The number of hydrogen-bond donors (Lipinski definition) is 1. The molecule has 0 aromatic heterocycles. The molecule has 0 aromatic rings. The summed E-state index contributed by atoms with van der Waals surface area (Å²) in [6.45, 7) is 5.31. The monoisotopic (exact) mass is 325 g/mol. The van der Waals surface area contributed by atoms with Crippen LogP contribution in [0.4, 0.5) is 0 Å². The smallest absolute Gasteiger partial charge is 0.223 e. The van der Waals surface area contributed by atoms with Crippen molar-refractivity contribution in [2.45, 2.75) is 116 Å². The number of hydrogen-bond acceptors (Lipinski definition) is 2. The average Bonchev–Trinajstić information content (AvgIpc) is 2.55. The summed E-state index contributed by atoms with van der Waals surface area (Å²) in [4.78, 5) is 14.3. The van der Waals surface area contributed by atoms with Crippen LogP contribution in [-0.4, -0.2) is 34.6 Å². The molecule has 1 saturated heterocycles. The summed E-state index contributed by atoms with van der Waals surface area (Å²) in [6.07, 6.45) is 15.6. The lowest BCUT2D eigenvalue weighted by Gasteiger charge is -2.39. The molecule has 3 nitrogen and oxygen atoms in total. The standard InChI is InChI=1S/C20H39NO2/c1-3-5-7-9-11-13-17-21-18(14-12-10-8-6-4-2)19(22)15-16-20(21)23/h18-19,22H,3-17H2,1-2H3. The first kappa shape index (κ1) is 20.5. The third kappa shape index (κ3) is 8.19. The van der Waals surface area contributed by atoms with E-state index in [-0.39, 0.29) is 18.1 Å². The highest BCUT2D eigenvalue weighted by Gasteiger charge is 2.33.